The van der Waals surface area contributed by atoms with E-state index < -0.39 is 5.91 Å². The molecule has 7 heteroatoms. The summed E-state index contributed by atoms with van der Waals surface area (Å²) in [5.74, 6) is -0.271. The lowest BCUT2D eigenvalue weighted by atomic mass is 10.2. The van der Waals surface area contributed by atoms with Crippen molar-refractivity contribution in [2.24, 2.45) is 0 Å². The van der Waals surface area contributed by atoms with E-state index in [0.29, 0.717) is 28.0 Å². The summed E-state index contributed by atoms with van der Waals surface area (Å²) in [5, 5.41) is 11.1. The first kappa shape index (κ1) is 15.5. The number of halogens is 2. The second kappa shape index (κ2) is 6.81. The Balaban J connectivity index is 1.71. The Bertz CT molecular complexity index is 814. The number of amides is 1. The van der Waals surface area contributed by atoms with Crippen molar-refractivity contribution in [3.63, 3.8) is 0 Å². The van der Waals surface area contributed by atoms with Gasteiger partial charge in [-0.1, -0.05) is 53.5 Å². The van der Waals surface area contributed by atoms with Gasteiger partial charge in [-0.3, -0.25) is 4.79 Å². The molecule has 1 aromatic heterocycles. The molecule has 5 nitrogen and oxygen atoms in total. The highest BCUT2D eigenvalue weighted by Crippen LogP contribution is 2.22. The Kier molecular flexibility index (Phi) is 4.60. The fraction of sp³-hybridized carbons (Fsp3) is 0.0625. The zero-order chi connectivity index (χ0) is 16.2. The van der Waals surface area contributed by atoms with Gasteiger partial charge in [0.15, 0.2) is 0 Å². The number of nitrogens with one attached hydrogen (secondary N) is 1. The van der Waals surface area contributed by atoms with Gasteiger partial charge in [-0.05, 0) is 23.8 Å². The van der Waals surface area contributed by atoms with Crippen LogP contribution in [0.3, 0.4) is 0 Å². The lowest BCUT2D eigenvalue weighted by molar-refractivity contribution is 0.0988. The minimum atomic E-state index is -0.518. The van der Waals surface area contributed by atoms with Crippen LogP contribution in [0, 0.1) is 0 Å². The summed E-state index contributed by atoms with van der Waals surface area (Å²) >= 11 is 11.8. The van der Waals surface area contributed by atoms with E-state index >= 15 is 0 Å². The summed E-state index contributed by atoms with van der Waals surface area (Å²) in [7, 11) is 0. The van der Waals surface area contributed by atoms with Crippen LogP contribution < -0.4 is 5.32 Å². The Morgan fingerprint density at radius 1 is 1.04 bits per heavy atom. The molecule has 1 N–H and O–H groups in total. The standard InChI is InChI=1S/C16H11Cl2N3O2/c17-11-7-12(18)9-13(8-11)19-15(22)16-21-20-14(23-16)6-10-4-2-1-3-5-10/h1-5,7-9H,6H2,(H,19,22). The number of carbonyl (C=O) groups is 1. The van der Waals surface area contributed by atoms with Crippen molar-refractivity contribution < 1.29 is 9.21 Å². The summed E-state index contributed by atoms with van der Waals surface area (Å²) in [6.45, 7) is 0. The first-order valence-corrected chi connectivity index (χ1v) is 7.49. The van der Waals surface area contributed by atoms with E-state index in [1.54, 1.807) is 18.2 Å². The first-order chi connectivity index (χ1) is 11.1. The van der Waals surface area contributed by atoms with Gasteiger partial charge in [-0.15, -0.1) is 10.2 Å². The molecule has 0 saturated heterocycles. The van der Waals surface area contributed by atoms with Crippen molar-refractivity contribution >= 4 is 34.8 Å². The van der Waals surface area contributed by atoms with Crippen LogP contribution >= 0.6 is 23.2 Å². The molecule has 1 heterocycles. The van der Waals surface area contributed by atoms with Crippen molar-refractivity contribution in [2.75, 3.05) is 5.32 Å². The highest BCUT2D eigenvalue weighted by molar-refractivity contribution is 6.35. The Hall–Kier alpha value is -2.37. The highest BCUT2D eigenvalue weighted by atomic mass is 35.5. The van der Waals surface area contributed by atoms with Gasteiger partial charge in [0.1, 0.15) is 0 Å². The first-order valence-electron chi connectivity index (χ1n) is 6.74. The molecule has 0 fully saturated rings. The molecule has 0 atom stereocenters. The SMILES string of the molecule is O=C(Nc1cc(Cl)cc(Cl)c1)c1nnc(Cc2ccccc2)o1. The van der Waals surface area contributed by atoms with Crippen LogP contribution in [-0.4, -0.2) is 16.1 Å². The number of hydrogen-bond acceptors (Lipinski definition) is 4. The smallest absolute Gasteiger partial charge is 0.313 e. The third kappa shape index (κ3) is 4.09. The van der Waals surface area contributed by atoms with Gasteiger partial charge in [0.05, 0.1) is 6.42 Å². The molecule has 0 spiro atoms. The van der Waals surface area contributed by atoms with E-state index in [1.165, 1.54) is 0 Å². The average molecular weight is 348 g/mol. The predicted octanol–water partition coefficient (Wildman–Crippen LogP) is 4.22. The molecule has 0 saturated carbocycles. The number of anilines is 1. The molecular formula is C16H11Cl2N3O2. The molecule has 3 rings (SSSR count). The number of nitrogens with zero attached hydrogens (tertiary/aromatic N) is 2. The average Bonchev–Trinajstić information content (AvgIpc) is 2.96. The molecule has 23 heavy (non-hydrogen) atoms. The van der Waals surface area contributed by atoms with Crippen LogP contribution in [0.5, 0.6) is 0 Å². The monoisotopic (exact) mass is 347 g/mol. The molecule has 0 aliphatic carbocycles. The van der Waals surface area contributed by atoms with Crippen molar-refractivity contribution in [3.05, 3.63) is 75.9 Å². The molecule has 0 aliphatic heterocycles. The lowest BCUT2D eigenvalue weighted by Gasteiger charge is -2.03. The fourth-order valence-electron chi connectivity index (χ4n) is 2.00. The Labute approximate surface area is 142 Å². The number of rotatable bonds is 4. The van der Waals surface area contributed by atoms with Crippen molar-refractivity contribution in [1.82, 2.24) is 10.2 Å². The van der Waals surface area contributed by atoms with Crippen LogP contribution in [-0.2, 0) is 6.42 Å². The predicted molar refractivity (Wildman–Crippen MR) is 88.0 cm³/mol. The maximum absolute atomic E-state index is 12.1. The number of carbonyl (C=O) groups excluding carboxylic acids is 1. The largest absolute Gasteiger partial charge is 0.417 e. The van der Waals surface area contributed by atoms with Crippen LogP contribution in [0.1, 0.15) is 22.1 Å². The number of aromatic nitrogens is 2. The van der Waals surface area contributed by atoms with Gasteiger partial charge in [0, 0.05) is 15.7 Å². The zero-order valence-electron chi connectivity index (χ0n) is 11.8. The highest BCUT2D eigenvalue weighted by Gasteiger charge is 2.15. The molecule has 2 aromatic carbocycles. The van der Waals surface area contributed by atoms with Crippen LogP contribution in [0.25, 0.3) is 0 Å². The second-order valence-corrected chi connectivity index (χ2v) is 5.65. The fourth-order valence-corrected chi connectivity index (χ4v) is 2.52. The molecule has 3 aromatic rings. The van der Waals surface area contributed by atoms with Gasteiger partial charge in [-0.25, -0.2) is 0 Å². The quantitative estimate of drug-likeness (QED) is 0.767. The lowest BCUT2D eigenvalue weighted by Crippen LogP contribution is -2.12. The van der Waals surface area contributed by atoms with Gasteiger partial charge >= 0.3 is 11.8 Å². The minimum absolute atomic E-state index is 0.118. The zero-order valence-corrected chi connectivity index (χ0v) is 13.3. The van der Waals surface area contributed by atoms with E-state index in [4.69, 9.17) is 27.6 Å². The van der Waals surface area contributed by atoms with E-state index in [1.807, 2.05) is 30.3 Å². The molecule has 0 unspecified atom stereocenters. The van der Waals surface area contributed by atoms with Crippen LogP contribution in [0.4, 0.5) is 5.69 Å². The molecule has 0 radical (unpaired) electrons. The van der Waals surface area contributed by atoms with Gasteiger partial charge in [0.25, 0.3) is 0 Å². The van der Waals surface area contributed by atoms with Gasteiger partial charge in [0.2, 0.25) is 5.89 Å². The molecular weight excluding hydrogens is 337 g/mol. The van der Waals surface area contributed by atoms with Gasteiger partial charge < -0.3 is 9.73 Å². The molecule has 0 bridgehead atoms. The van der Waals surface area contributed by atoms with Crippen molar-refractivity contribution in [3.8, 4) is 0 Å². The molecule has 1 amide bonds. The number of hydrogen-bond donors (Lipinski definition) is 1. The second-order valence-electron chi connectivity index (χ2n) is 4.78. The van der Waals surface area contributed by atoms with E-state index in [9.17, 15) is 4.79 Å². The van der Waals surface area contributed by atoms with E-state index in [2.05, 4.69) is 15.5 Å². The number of benzene rings is 2. The van der Waals surface area contributed by atoms with Crippen LogP contribution in [0.15, 0.2) is 52.9 Å². The maximum Gasteiger partial charge on any atom is 0.313 e. The summed E-state index contributed by atoms with van der Waals surface area (Å²) < 4.78 is 5.38. The summed E-state index contributed by atoms with van der Waals surface area (Å²) in [6.07, 6.45) is 0.462. The van der Waals surface area contributed by atoms with Gasteiger partial charge in [-0.2, -0.15) is 0 Å². The van der Waals surface area contributed by atoms with Crippen molar-refractivity contribution in [1.29, 1.82) is 0 Å². The summed E-state index contributed by atoms with van der Waals surface area (Å²) in [5.41, 5.74) is 1.47. The third-order valence-corrected chi connectivity index (χ3v) is 3.42. The molecule has 0 aliphatic rings. The van der Waals surface area contributed by atoms with E-state index in [0.717, 1.165) is 5.56 Å². The topological polar surface area (TPSA) is 68.0 Å². The van der Waals surface area contributed by atoms with Crippen molar-refractivity contribution in [2.45, 2.75) is 6.42 Å². The van der Waals surface area contributed by atoms with Crippen LogP contribution in [0.2, 0.25) is 10.0 Å². The summed E-state index contributed by atoms with van der Waals surface area (Å²) in [6, 6.07) is 14.4. The normalized spacial score (nSPS) is 10.5. The summed E-state index contributed by atoms with van der Waals surface area (Å²) in [4.78, 5) is 12.1. The Morgan fingerprint density at radius 3 is 2.43 bits per heavy atom. The molecule has 116 valence electrons. The Morgan fingerprint density at radius 2 is 1.74 bits per heavy atom. The third-order valence-electron chi connectivity index (χ3n) is 2.98. The van der Waals surface area contributed by atoms with E-state index in [-0.39, 0.29) is 5.89 Å². The maximum atomic E-state index is 12.1. The minimum Gasteiger partial charge on any atom is -0.417 e.